The normalized spacial score (nSPS) is 15.6. The zero-order valence-corrected chi connectivity index (χ0v) is 14.2. The molecular weight excluding hydrogens is 318 g/mol. The third-order valence-corrected chi connectivity index (χ3v) is 5.50. The minimum atomic E-state index is -0.581. The van der Waals surface area contributed by atoms with Crippen LogP contribution in [-0.4, -0.2) is 21.5 Å². The van der Waals surface area contributed by atoms with Crippen LogP contribution in [0.25, 0.3) is 10.9 Å². The first-order chi connectivity index (χ1) is 10.3. The van der Waals surface area contributed by atoms with Crippen LogP contribution in [0, 0.1) is 0 Å². The van der Waals surface area contributed by atoms with Crippen LogP contribution in [0.2, 0.25) is 0 Å². The number of carbonyl (C=O) groups excluding carboxylic acids is 1. The van der Waals surface area contributed by atoms with E-state index >= 15 is 0 Å². The predicted octanol–water partition coefficient (Wildman–Crippen LogP) is 4.35. The van der Waals surface area contributed by atoms with Crippen LogP contribution in [0.15, 0.2) is 29.0 Å². The first kappa shape index (κ1) is 15.3. The molecule has 0 atom stereocenters. The molecule has 5 nitrogen and oxygen atoms in total. The minimum absolute atomic E-state index is 0.299. The van der Waals surface area contributed by atoms with Crippen molar-refractivity contribution in [3.8, 4) is 0 Å². The van der Waals surface area contributed by atoms with E-state index in [4.69, 9.17) is 10.5 Å². The van der Waals surface area contributed by atoms with Gasteiger partial charge in [-0.3, -0.25) is 0 Å². The highest BCUT2D eigenvalue weighted by Gasteiger charge is 2.23. The number of ether oxygens (including phenoxy) is 1. The van der Waals surface area contributed by atoms with Crippen molar-refractivity contribution in [1.82, 2.24) is 9.78 Å². The van der Waals surface area contributed by atoms with E-state index in [9.17, 15) is 4.79 Å². The molecule has 1 aliphatic rings. The van der Waals surface area contributed by atoms with Gasteiger partial charge in [0, 0.05) is 5.39 Å². The van der Waals surface area contributed by atoms with Gasteiger partial charge in [-0.1, -0.05) is 6.07 Å². The molecule has 1 aliphatic heterocycles. The maximum Gasteiger partial charge on any atom is 0.435 e. The Morgan fingerprint density at radius 3 is 2.64 bits per heavy atom. The van der Waals surface area contributed by atoms with Gasteiger partial charge in [0.1, 0.15) is 5.60 Å². The quantitative estimate of drug-likeness (QED) is 0.835. The van der Waals surface area contributed by atoms with Gasteiger partial charge in [-0.05, 0) is 49.3 Å². The van der Waals surface area contributed by atoms with Gasteiger partial charge in [0.15, 0.2) is 5.82 Å². The second-order valence-corrected chi connectivity index (χ2v) is 8.26. The summed E-state index contributed by atoms with van der Waals surface area (Å²) in [5.74, 6) is 0.331. The molecule has 0 amide bonds. The number of thioether (sulfide) groups is 2. The molecule has 0 bridgehead atoms. The number of aromatic nitrogens is 2. The summed E-state index contributed by atoms with van der Waals surface area (Å²) in [7, 11) is 0. The lowest BCUT2D eigenvalue weighted by atomic mass is 10.2. The summed E-state index contributed by atoms with van der Waals surface area (Å²) in [5, 5.41) is 9.03. The van der Waals surface area contributed by atoms with Crippen LogP contribution in [-0.2, 0) is 4.74 Å². The summed E-state index contributed by atoms with van der Waals surface area (Å²) in [6, 6.07) is 5.89. The minimum Gasteiger partial charge on any atom is -0.442 e. The van der Waals surface area contributed by atoms with Gasteiger partial charge in [0.05, 0.1) is 10.1 Å². The molecule has 0 saturated heterocycles. The fourth-order valence-electron chi connectivity index (χ4n) is 2.14. The number of rotatable bonds is 1. The summed E-state index contributed by atoms with van der Waals surface area (Å²) < 4.78 is 6.94. The molecule has 1 aromatic carbocycles. The molecule has 2 N–H and O–H groups in total. The molecule has 3 rings (SSSR count). The summed E-state index contributed by atoms with van der Waals surface area (Å²) in [6.07, 6.45) is -0.517. The van der Waals surface area contributed by atoms with E-state index in [0.29, 0.717) is 15.9 Å². The molecule has 0 aliphatic carbocycles. The molecule has 0 radical (unpaired) electrons. The van der Waals surface area contributed by atoms with Gasteiger partial charge in [-0.25, -0.2) is 4.79 Å². The zero-order valence-electron chi connectivity index (χ0n) is 12.6. The molecule has 0 unspecified atom stereocenters. The maximum atomic E-state index is 12.3. The highest BCUT2D eigenvalue weighted by atomic mass is 32.2. The van der Waals surface area contributed by atoms with E-state index in [1.54, 1.807) is 23.5 Å². The molecule has 7 heteroatoms. The van der Waals surface area contributed by atoms with Crippen molar-refractivity contribution in [3.05, 3.63) is 34.6 Å². The lowest BCUT2D eigenvalue weighted by molar-refractivity contribution is 0.0523. The Bertz CT molecular complexity index is 754. The Hall–Kier alpha value is -1.60. The van der Waals surface area contributed by atoms with Crippen molar-refractivity contribution >= 4 is 46.3 Å². The number of hydrogen-bond donors (Lipinski definition) is 1. The zero-order chi connectivity index (χ0) is 15.9. The van der Waals surface area contributed by atoms with Crippen LogP contribution in [0.3, 0.4) is 0 Å². The molecule has 116 valence electrons. The predicted molar refractivity (Wildman–Crippen MR) is 92.8 cm³/mol. The van der Waals surface area contributed by atoms with Crippen LogP contribution in [0.5, 0.6) is 0 Å². The molecule has 2 aromatic rings. The Kier molecular flexibility index (Phi) is 3.86. The molecule has 0 spiro atoms. The lowest BCUT2D eigenvalue weighted by Gasteiger charge is -2.19. The lowest BCUT2D eigenvalue weighted by Crippen LogP contribution is -2.27. The van der Waals surface area contributed by atoms with Crippen molar-refractivity contribution < 1.29 is 9.53 Å². The van der Waals surface area contributed by atoms with E-state index in [1.165, 1.54) is 4.68 Å². The number of anilines is 1. The van der Waals surface area contributed by atoms with E-state index in [2.05, 4.69) is 15.9 Å². The van der Waals surface area contributed by atoms with Crippen molar-refractivity contribution in [1.29, 1.82) is 0 Å². The fourth-order valence-corrected chi connectivity index (χ4v) is 4.19. The number of hydrogen-bond acceptors (Lipinski definition) is 6. The maximum absolute atomic E-state index is 12.3. The van der Waals surface area contributed by atoms with Crippen LogP contribution in [0.1, 0.15) is 30.9 Å². The highest BCUT2D eigenvalue weighted by molar-refractivity contribution is 8.21. The van der Waals surface area contributed by atoms with Crippen molar-refractivity contribution in [3.63, 3.8) is 0 Å². The molecule has 22 heavy (non-hydrogen) atoms. The summed E-state index contributed by atoms with van der Waals surface area (Å²) in [6.45, 7) is 5.47. The van der Waals surface area contributed by atoms with Crippen LogP contribution >= 0.6 is 23.5 Å². The van der Waals surface area contributed by atoms with Gasteiger partial charge in [-0.15, -0.1) is 28.6 Å². The average molecular weight is 335 g/mol. The fraction of sp³-hybridized carbons (Fsp3) is 0.333. The van der Waals surface area contributed by atoms with Crippen LogP contribution in [0.4, 0.5) is 10.6 Å². The van der Waals surface area contributed by atoms with Crippen LogP contribution < -0.4 is 5.73 Å². The number of nitrogens with zero attached hydrogens (tertiary/aromatic N) is 2. The Morgan fingerprint density at radius 2 is 2.00 bits per heavy atom. The number of fused-ring (bicyclic) bond motifs is 1. The summed E-state index contributed by atoms with van der Waals surface area (Å²) >= 11 is 3.48. The first-order valence-electron chi connectivity index (χ1n) is 6.82. The van der Waals surface area contributed by atoms with E-state index < -0.39 is 11.7 Å². The smallest absolute Gasteiger partial charge is 0.435 e. The molecule has 2 heterocycles. The monoisotopic (exact) mass is 335 g/mol. The SMILES string of the molecule is CC(C)(C)OC(=O)n1nc(N)c2ccc(C3SC=CS3)cc21. The average Bonchev–Trinajstić information content (AvgIpc) is 3.05. The number of benzene rings is 1. The number of carbonyl (C=O) groups is 1. The van der Waals surface area contributed by atoms with Gasteiger partial charge in [0.25, 0.3) is 0 Å². The van der Waals surface area contributed by atoms with Crippen molar-refractivity contribution in [2.24, 2.45) is 0 Å². The summed E-state index contributed by atoms with van der Waals surface area (Å²) in [4.78, 5) is 12.3. The number of nitrogens with two attached hydrogens (primary N) is 1. The second kappa shape index (κ2) is 5.55. The third-order valence-electron chi connectivity index (χ3n) is 3.03. The topological polar surface area (TPSA) is 70.1 Å². The Morgan fingerprint density at radius 1 is 1.32 bits per heavy atom. The Labute approximate surface area is 137 Å². The Balaban J connectivity index is 2.02. The second-order valence-electron chi connectivity index (χ2n) is 5.93. The van der Waals surface area contributed by atoms with Gasteiger partial charge >= 0.3 is 6.09 Å². The van der Waals surface area contributed by atoms with Gasteiger partial charge in [-0.2, -0.15) is 4.68 Å². The first-order valence-corrected chi connectivity index (χ1v) is 8.71. The van der Waals surface area contributed by atoms with Crippen molar-refractivity contribution in [2.45, 2.75) is 31.0 Å². The number of nitrogen functional groups attached to an aromatic ring is 1. The molecule has 0 saturated carbocycles. The molecule has 1 aromatic heterocycles. The van der Waals surface area contributed by atoms with Crippen molar-refractivity contribution in [2.75, 3.05) is 5.73 Å². The van der Waals surface area contributed by atoms with Gasteiger partial charge < -0.3 is 10.5 Å². The molecular formula is C15H17N3O2S2. The highest BCUT2D eigenvalue weighted by Crippen LogP contribution is 2.46. The standard InChI is InChI=1S/C15H17N3O2S2/c1-15(2,3)20-14(19)18-11-8-9(13-21-6-7-22-13)4-5-10(11)12(16)17-18/h4-8,13H,1-3H3,(H2,16,17). The molecule has 0 fully saturated rings. The van der Waals surface area contributed by atoms with E-state index in [-0.39, 0.29) is 0 Å². The van der Waals surface area contributed by atoms with E-state index in [1.807, 2.05) is 39.0 Å². The third kappa shape index (κ3) is 2.96. The van der Waals surface area contributed by atoms with Gasteiger partial charge in [0.2, 0.25) is 0 Å². The van der Waals surface area contributed by atoms with E-state index in [0.717, 1.165) is 10.9 Å². The summed E-state index contributed by atoms with van der Waals surface area (Å²) in [5.41, 5.74) is 7.14. The largest absolute Gasteiger partial charge is 0.442 e.